The molecule has 1 atom stereocenters. The van der Waals surface area contributed by atoms with Crippen LogP contribution in [0.1, 0.15) is 66.7 Å². The molecule has 18 heavy (non-hydrogen) atoms. The Hall–Kier alpha value is -0.0800. The smallest absolute Gasteiger partial charge is 0.00103 e. The summed E-state index contributed by atoms with van der Waals surface area (Å²) in [4.78, 5) is 0. The molecular weight excluding hydrogens is 220 g/mol. The number of rotatable bonds is 11. The van der Waals surface area contributed by atoms with Crippen molar-refractivity contribution in [1.29, 1.82) is 0 Å². The van der Waals surface area contributed by atoms with Crippen molar-refractivity contribution < 1.29 is 0 Å². The van der Waals surface area contributed by atoms with Crippen molar-refractivity contribution in [3.63, 3.8) is 0 Å². The second-order valence-corrected chi connectivity index (χ2v) is 6.81. The molecule has 0 saturated heterocycles. The highest BCUT2D eigenvalue weighted by Crippen LogP contribution is 2.32. The normalized spacial score (nSPS) is 15.3. The van der Waals surface area contributed by atoms with E-state index in [9.17, 15) is 0 Å². The van der Waals surface area contributed by atoms with Gasteiger partial charge in [-0.1, -0.05) is 47.5 Å². The maximum absolute atomic E-state index is 3.56. The van der Waals surface area contributed by atoms with Crippen molar-refractivity contribution in [3.05, 3.63) is 0 Å². The molecule has 0 spiro atoms. The SMILES string of the molecule is CNCCC(C)(CCCC(C)C)CCNC(C)C. The van der Waals surface area contributed by atoms with Crippen LogP contribution in [0, 0.1) is 11.3 Å². The summed E-state index contributed by atoms with van der Waals surface area (Å²) in [6, 6.07) is 0.606. The molecule has 0 aromatic heterocycles. The first-order valence-electron chi connectivity index (χ1n) is 7.77. The summed E-state index contributed by atoms with van der Waals surface area (Å²) in [6.07, 6.45) is 6.70. The molecule has 2 heteroatoms. The van der Waals surface area contributed by atoms with E-state index < -0.39 is 0 Å². The van der Waals surface area contributed by atoms with Crippen LogP contribution in [-0.4, -0.2) is 26.2 Å². The average Bonchev–Trinajstić information content (AvgIpc) is 2.25. The van der Waals surface area contributed by atoms with E-state index in [1.807, 2.05) is 0 Å². The van der Waals surface area contributed by atoms with Crippen molar-refractivity contribution in [3.8, 4) is 0 Å². The molecule has 1 unspecified atom stereocenters. The molecule has 0 aromatic rings. The van der Waals surface area contributed by atoms with Crippen LogP contribution in [-0.2, 0) is 0 Å². The highest BCUT2D eigenvalue weighted by Gasteiger charge is 2.23. The van der Waals surface area contributed by atoms with Gasteiger partial charge in [0.25, 0.3) is 0 Å². The second kappa shape index (κ2) is 9.80. The maximum Gasteiger partial charge on any atom is 0.00103 e. The molecule has 0 aliphatic rings. The van der Waals surface area contributed by atoms with Crippen molar-refractivity contribution in [2.24, 2.45) is 11.3 Å². The van der Waals surface area contributed by atoms with Crippen LogP contribution in [0.4, 0.5) is 0 Å². The van der Waals surface area contributed by atoms with Crippen LogP contribution in [0.25, 0.3) is 0 Å². The molecule has 0 aliphatic heterocycles. The quantitative estimate of drug-likeness (QED) is 0.587. The lowest BCUT2D eigenvalue weighted by Gasteiger charge is -2.30. The minimum absolute atomic E-state index is 0.500. The van der Waals surface area contributed by atoms with Gasteiger partial charge in [0.2, 0.25) is 0 Å². The Bertz CT molecular complexity index is 174. The van der Waals surface area contributed by atoms with Gasteiger partial charge < -0.3 is 10.6 Å². The van der Waals surface area contributed by atoms with Gasteiger partial charge in [-0.25, -0.2) is 0 Å². The van der Waals surface area contributed by atoms with E-state index in [0.717, 1.165) is 19.0 Å². The molecule has 2 N–H and O–H groups in total. The van der Waals surface area contributed by atoms with Gasteiger partial charge in [-0.3, -0.25) is 0 Å². The standard InChI is InChI=1S/C16H36N2/c1-14(2)8-7-9-16(5,10-12-17-6)11-13-18-15(3)4/h14-15,17-18H,7-13H2,1-6H3. The molecule has 0 bridgehead atoms. The van der Waals surface area contributed by atoms with Crippen LogP contribution < -0.4 is 10.6 Å². The molecule has 0 aliphatic carbocycles. The zero-order valence-electron chi connectivity index (χ0n) is 13.6. The van der Waals surface area contributed by atoms with E-state index in [4.69, 9.17) is 0 Å². The third-order valence-electron chi connectivity index (χ3n) is 3.82. The van der Waals surface area contributed by atoms with Gasteiger partial charge in [0, 0.05) is 6.04 Å². The van der Waals surface area contributed by atoms with Gasteiger partial charge in [0.1, 0.15) is 0 Å². The van der Waals surface area contributed by atoms with Gasteiger partial charge in [0.05, 0.1) is 0 Å². The number of nitrogens with one attached hydrogen (secondary N) is 2. The van der Waals surface area contributed by atoms with Crippen LogP contribution in [0.2, 0.25) is 0 Å². The topological polar surface area (TPSA) is 24.1 Å². The minimum Gasteiger partial charge on any atom is -0.320 e. The van der Waals surface area contributed by atoms with Crippen LogP contribution in [0.15, 0.2) is 0 Å². The molecule has 2 nitrogen and oxygen atoms in total. The molecule has 0 saturated carbocycles. The van der Waals surface area contributed by atoms with E-state index in [1.54, 1.807) is 0 Å². The predicted molar refractivity (Wildman–Crippen MR) is 83.1 cm³/mol. The van der Waals surface area contributed by atoms with Crippen molar-refractivity contribution >= 4 is 0 Å². The molecule has 0 aromatic carbocycles. The van der Waals surface area contributed by atoms with Gasteiger partial charge in [-0.15, -0.1) is 0 Å². The molecule has 0 radical (unpaired) electrons. The summed E-state index contributed by atoms with van der Waals surface area (Å²) in [6.45, 7) is 13.9. The summed E-state index contributed by atoms with van der Waals surface area (Å²) in [5.41, 5.74) is 0.500. The fourth-order valence-electron chi connectivity index (χ4n) is 2.40. The third-order valence-corrected chi connectivity index (χ3v) is 3.82. The highest BCUT2D eigenvalue weighted by atomic mass is 14.9. The van der Waals surface area contributed by atoms with Crippen molar-refractivity contribution in [2.75, 3.05) is 20.1 Å². The van der Waals surface area contributed by atoms with E-state index in [-0.39, 0.29) is 0 Å². The lowest BCUT2D eigenvalue weighted by Crippen LogP contribution is -2.30. The lowest BCUT2D eigenvalue weighted by atomic mass is 9.78. The Morgan fingerprint density at radius 3 is 2.06 bits per heavy atom. The summed E-state index contributed by atoms with van der Waals surface area (Å²) in [7, 11) is 2.06. The highest BCUT2D eigenvalue weighted by molar-refractivity contribution is 4.77. The van der Waals surface area contributed by atoms with Gasteiger partial charge in [-0.05, 0) is 50.7 Å². The first-order valence-corrected chi connectivity index (χ1v) is 7.77. The average molecular weight is 256 g/mol. The lowest BCUT2D eigenvalue weighted by molar-refractivity contribution is 0.231. The summed E-state index contributed by atoms with van der Waals surface area (Å²) in [5.74, 6) is 0.840. The first-order chi connectivity index (χ1) is 8.39. The zero-order valence-corrected chi connectivity index (χ0v) is 13.6. The molecule has 0 amide bonds. The molecule has 110 valence electrons. The fraction of sp³-hybridized carbons (Fsp3) is 1.00. The zero-order chi connectivity index (χ0) is 14.0. The first kappa shape index (κ1) is 17.9. The van der Waals surface area contributed by atoms with Crippen LogP contribution in [0.5, 0.6) is 0 Å². The minimum atomic E-state index is 0.500. The molecule has 0 fully saturated rings. The molecule has 0 rings (SSSR count). The number of hydrogen-bond acceptors (Lipinski definition) is 2. The monoisotopic (exact) mass is 256 g/mol. The van der Waals surface area contributed by atoms with Crippen LogP contribution in [0.3, 0.4) is 0 Å². The summed E-state index contributed by atoms with van der Waals surface area (Å²) in [5, 5.41) is 6.86. The Labute approximate surface area is 115 Å². The Kier molecular flexibility index (Phi) is 9.76. The van der Waals surface area contributed by atoms with E-state index in [2.05, 4.69) is 52.3 Å². The maximum atomic E-state index is 3.56. The van der Waals surface area contributed by atoms with Gasteiger partial charge in [0.15, 0.2) is 0 Å². The summed E-state index contributed by atoms with van der Waals surface area (Å²) >= 11 is 0. The Morgan fingerprint density at radius 1 is 0.944 bits per heavy atom. The third kappa shape index (κ3) is 9.90. The van der Waals surface area contributed by atoms with Crippen LogP contribution >= 0.6 is 0 Å². The molecule has 0 heterocycles. The Balaban J connectivity index is 4.06. The Morgan fingerprint density at radius 2 is 1.56 bits per heavy atom. The van der Waals surface area contributed by atoms with E-state index in [1.165, 1.54) is 32.1 Å². The summed E-state index contributed by atoms with van der Waals surface area (Å²) < 4.78 is 0. The van der Waals surface area contributed by atoms with Gasteiger partial charge in [-0.2, -0.15) is 0 Å². The molecular formula is C16H36N2. The second-order valence-electron chi connectivity index (χ2n) is 6.81. The largest absolute Gasteiger partial charge is 0.320 e. The van der Waals surface area contributed by atoms with Crippen molar-refractivity contribution in [2.45, 2.75) is 72.8 Å². The number of hydrogen-bond donors (Lipinski definition) is 2. The fourth-order valence-corrected chi connectivity index (χ4v) is 2.40. The van der Waals surface area contributed by atoms with Crippen molar-refractivity contribution in [1.82, 2.24) is 10.6 Å². The van der Waals surface area contributed by atoms with Gasteiger partial charge >= 0.3 is 0 Å². The predicted octanol–water partition coefficient (Wildman–Crippen LogP) is 3.82. The van der Waals surface area contributed by atoms with E-state index >= 15 is 0 Å². The van der Waals surface area contributed by atoms with E-state index in [0.29, 0.717) is 11.5 Å².